The maximum Gasteiger partial charge on any atom is 0.162 e. The quantitative estimate of drug-likeness (QED) is 0.865. The second-order valence-electron chi connectivity index (χ2n) is 4.56. The molecule has 100 valence electrons. The van der Waals surface area contributed by atoms with Gasteiger partial charge in [0.15, 0.2) is 11.5 Å². The number of hydrogen-bond donors (Lipinski definition) is 2. The molecular formula is C16H19NO2. The van der Waals surface area contributed by atoms with Crippen molar-refractivity contribution in [1.29, 1.82) is 0 Å². The van der Waals surface area contributed by atoms with Gasteiger partial charge < -0.3 is 15.2 Å². The Hall–Kier alpha value is -2.00. The molecule has 0 unspecified atom stereocenters. The minimum atomic E-state index is 0.210. The average Bonchev–Trinajstić information content (AvgIpc) is 2.43. The van der Waals surface area contributed by atoms with Crippen molar-refractivity contribution in [3.63, 3.8) is 0 Å². The van der Waals surface area contributed by atoms with Crippen LogP contribution in [0.2, 0.25) is 0 Å². The van der Waals surface area contributed by atoms with Crippen LogP contribution in [-0.4, -0.2) is 12.2 Å². The molecule has 0 saturated heterocycles. The fourth-order valence-corrected chi connectivity index (χ4v) is 1.92. The molecule has 0 saturated carbocycles. The summed E-state index contributed by atoms with van der Waals surface area (Å²) in [4.78, 5) is 0. The normalized spacial score (nSPS) is 10.4. The number of para-hydroxylation sites is 1. The highest BCUT2D eigenvalue weighted by atomic mass is 16.5. The fraction of sp³-hybridized carbons (Fsp3) is 0.250. The Balaban J connectivity index is 1.94. The Labute approximate surface area is 113 Å². The van der Waals surface area contributed by atoms with E-state index in [1.54, 1.807) is 13.2 Å². The van der Waals surface area contributed by atoms with Crippen molar-refractivity contribution in [2.45, 2.75) is 20.0 Å². The van der Waals surface area contributed by atoms with E-state index < -0.39 is 0 Å². The molecule has 2 rings (SSSR count). The number of aromatic hydroxyl groups is 1. The van der Waals surface area contributed by atoms with E-state index >= 15 is 0 Å². The standard InChI is InChI=1S/C16H19NO2/c1-12-6-8-13(9-7-12)10-17-11-14-4-3-5-15(19-2)16(14)18/h3-9,17-18H,10-11H2,1-2H3. The summed E-state index contributed by atoms with van der Waals surface area (Å²) < 4.78 is 5.09. The number of rotatable bonds is 5. The lowest BCUT2D eigenvalue weighted by Crippen LogP contribution is -2.12. The van der Waals surface area contributed by atoms with E-state index in [1.807, 2.05) is 12.1 Å². The highest BCUT2D eigenvalue weighted by Gasteiger charge is 2.06. The Morgan fingerprint density at radius 1 is 1.05 bits per heavy atom. The third kappa shape index (κ3) is 3.48. The summed E-state index contributed by atoms with van der Waals surface area (Å²) >= 11 is 0. The summed E-state index contributed by atoms with van der Waals surface area (Å²) in [6, 6.07) is 13.9. The van der Waals surface area contributed by atoms with Crippen molar-refractivity contribution < 1.29 is 9.84 Å². The highest BCUT2D eigenvalue weighted by molar-refractivity contribution is 5.45. The first kappa shape index (κ1) is 13.4. The number of aryl methyl sites for hydroxylation is 1. The van der Waals surface area contributed by atoms with Crippen LogP contribution in [0.5, 0.6) is 11.5 Å². The Bertz CT molecular complexity index is 535. The van der Waals surface area contributed by atoms with Gasteiger partial charge in [-0.15, -0.1) is 0 Å². The van der Waals surface area contributed by atoms with Gasteiger partial charge in [0.05, 0.1) is 7.11 Å². The summed E-state index contributed by atoms with van der Waals surface area (Å²) in [5, 5.41) is 13.3. The van der Waals surface area contributed by atoms with Gasteiger partial charge in [-0.1, -0.05) is 42.0 Å². The SMILES string of the molecule is COc1cccc(CNCc2ccc(C)cc2)c1O. The Morgan fingerprint density at radius 3 is 2.47 bits per heavy atom. The number of nitrogens with one attached hydrogen (secondary N) is 1. The largest absolute Gasteiger partial charge is 0.504 e. The molecular weight excluding hydrogens is 238 g/mol. The van der Waals surface area contributed by atoms with Crippen LogP contribution in [0.1, 0.15) is 16.7 Å². The molecule has 0 aliphatic heterocycles. The van der Waals surface area contributed by atoms with Gasteiger partial charge in [-0.2, -0.15) is 0 Å². The molecule has 2 N–H and O–H groups in total. The molecule has 0 amide bonds. The predicted molar refractivity (Wildman–Crippen MR) is 76.4 cm³/mol. The lowest BCUT2D eigenvalue weighted by Gasteiger charge is -2.10. The number of hydrogen-bond acceptors (Lipinski definition) is 3. The molecule has 3 nitrogen and oxygen atoms in total. The van der Waals surface area contributed by atoms with Crippen molar-refractivity contribution in [3.8, 4) is 11.5 Å². The van der Waals surface area contributed by atoms with Crippen LogP contribution in [0.3, 0.4) is 0 Å². The number of ether oxygens (including phenoxy) is 1. The third-order valence-electron chi connectivity index (χ3n) is 3.07. The molecule has 0 heterocycles. The molecule has 0 radical (unpaired) electrons. The van der Waals surface area contributed by atoms with Crippen LogP contribution in [0, 0.1) is 6.92 Å². The highest BCUT2D eigenvalue weighted by Crippen LogP contribution is 2.29. The zero-order valence-electron chi connectivity index (χ0n) is 11.3. The van der Waals surface area contributed by atoms with Crippen LogP contribution in [0.15, 0.2) is 42.5 Å². The molecule has 2 aromatic carbocycles. The van der Waals surface area contributed by atoms with Crippen molar-refractivity contribution in [2.24, 2.45) is 0 Å². The molecule has 2 aromatic rings. The van der Waals surface area contributed by atoms with Gasteiger partial charge in [-0.05, 0) is 18.6 Å². The first-order valence-corrected chi connectivity index (χ1v) is 6.32. The molecule has 0 atom stereocenters. The smallest absolute Gasteiger partial charge is 0.162 e. The van der Waals surface area contributed by atoms with Crippen LogP contribution in [0.4, 0.5) is 0 Å². The van der Waals surface area contributed by atoms with Crippen molar-refractivity contribution in [3.05, 3.63) is 59.2 Å². The molecule has 0 aromatic heterocycles. The molecule has 0 fully saturated rings. The summed E-state index contributed by atoms with van der Waals surface area (Å²) in [5.74, 6) is 0.719. The number of benzene rings is 2. The van der Waals surface area contributed by atoms with Crippen molar-refractivity contribution in [1.82, 2.24) is 5.32 Å². The van der Waals surface area contributed by atoms with E-state index in [9.17, 15) is 5.11 Å². The van der Waals surface area contributed by atoms with Gasteiger partial charge in [0, 0.05) is 18.7 Å². The second-order valence-corrected chi connectivity index (χ2v) is 4.56. The lowest BCUT2D eigenvalue weighted by atomic mass is 10.1. The van der Waals surface area contributed by atoms with Crippen molar-refractivity contribution in [2.75, 3.05) is 7.11 Å². The molecule has 3 heteroatoms. The third-order valence-corrected chi connectivity index (χ3v) is 3.07. The van der Waals surface area contributed by atoms with E-state index in [0.29, 0.717) is 12.3 Å². The van der Waals surface area contributed by atoms with Crippen LogP contribution < -0.4 is 10.1 Å². The first-order chi connectivity index (χ1) is 9.20. The lowest BCUT2D eigenvalue weighted by molar-refractivity contribution is 0.369. The Morgan fingerprint density at radius 2 is 1.79 bits per heavy atom. The summed E-state index contributed by atoms with van der Waals surface area (Å²) in [6.07, 6.45) is 0. The maximum atomic E-state index is 9.96. The average molecular weight is 257 g/mol. The minimum Gasteiger partial charge on any atom is -0.504 e. The summed E-state index contributed by atoms with van der Waals surface area (Å²) in [5.41, 5.74) is 3.33. The van der Waals surface area contributed by atoms with Gasteiger partial charge in [0.1, 0.15) is 0 Å². The van der Waals surface area contributed by atoms with Gasteiger partial charge >= 0.3 is 0 Å². The molecule has 0 aliphatic carbocycles. The van der Waals surface area contributed by atoms with Gasteiger partial charge in [0.25, 0.3) is 0 Å². The predicted octanol–water partition coefficient (Wildman–Crippen LogP) is 3.00. The van der Waals surface area contributed by atoms with E-state index in [1.165, 1.54) is 11.1 Å². The van der Waals surface area contributed by atoms with E-state index in [-0.39, 0.29) is 5.75 Å². The number of methoxy groups -OCH3 is 1. The molecule has 0 spiro atoms. The minimum absolute atomic E-state index is 0.210. The first-order valence-electron chi connectivity index (χ1n) is 6.32. The van der Waals surface area contributed by atoms with Crippen molar-refractivity contribution >= 4 is 0 Å². The molecule has 0 bridgehead atoms. The van der Waals surface area contributed by atoms with Gasteiger partial charge in [-0.3, -0.25) is 0 Å². The fourth-order valence-electron chi connectivity index (χ4n) is 1.92. The zero-order valence-corrected chi connectivity index (χ0v) is 11.3. The molecule has 0 aliphatic rings. The Kier molecular flexibility index (Phi) is 4.42. The van der Waals surface area contributed by atoms with Crippen LogP contribution >= 0.6 is 0 Å². The summed E-state index contributed by atoms with van der Waals surface area (Å²) in [6.45, 7) is 3.46. The molecule has 19 heavy (non-hydrogen) atoms. The topological polar surface area (TPSA) is 41.5 Å². The zero-order chi connectivity index (χ0) is 13.7. The van der Waals surface area contributed by atoms with Crippen LogP contribution in [-0.2, 0) is 13.1 Å². The number of phenolic OH excluding ortho intramolecular Hbond substituents is 1. The van der Waals surface area contributed by atoms with E-state index in [2.05, 4.69) is 36.5 Å². The monoisotopic (exact) mass is 257 g/mol. The summed E-state index contributed by atoms with van der Waals surface area (Å²) in [7, 11) is 1.55. The number of phenols is 1. The van der Waals surface area contributed by atoms with Gasteiger partial charge in [-0.25, -0.2) is 0 Å². The maximum absolute atomic E-state index is 9.96. The van der Waals surface area contributed by atoms with E-state index in [0.717, 1.165) is 12.1 Å². The second kappa shape index (κ2) is 6.25. The van der Waals surface area contributed by atoms with E-state index in [4.69, 9.17) is 4.74 Å². The van der Waals surface area contributed by atoms with Gasteiger partial charge in [0.2, 0.25) is 0 Å². The van der Waals surface area contributed by atoms with Crippen LogP contribution in [0.25, 0.3) is 0 Å².